The number of hydrogen-bond acceptors (Lipinski definition) is 6. The first-order valence-electron chi connectivity index (χ1n) is 4.62. The number of rotatable bonds is 7. The van der Waals surface area contributed by atoms with Gasteiger partial charge in [0, 0.05) is 6.08 Å². The number of hydrogen-bond donors (Lipinski definition) is 1. The molecule has 0 heterocycles. The highest BCUT2D eigenvalue weighted by Gasteiger charge is 2.21. The summed E-state index contributed by atoms with van der Waals surface area (Å²) in [6.07, 6.45) is 1.70. The van der Waals surface area contributed by atoms with Crippen molar-refractivity contribution in [2.24, 2.45) is 0 Å². The van der Waals surface area contributed by atoms with Gasteiger partial charge in [-0.25, -0.2) is 13.2 Å². The predicted octanol–water partition coefficient (Wildman–Crippen LogP) is 1.13. The van der Waals surface area contributed by atoms with Crippen molar-refractivity contribution in [3.8, 4) is 0 Å². The van der Waals surface area contributed by atoms with Crippen molar-refractivity contribution in [1.29, 1.82) is 0 Å². The van der Waals surface area contributed by atoms with Crippen LogP contribution in [-0.2, 0) is 24.1 Å². The lowest BCUT2D eigenvalue weighted by Gasteiger charge is -2.25. The lowest BCUT2D eigenvalue weighted by molar-refractivity contribution is -0.138. The topological polar surface area (TPSA) is 129 Å². The number of ether oxygens (including phenoxy) is 1. The molecule has 0 fully saturated rings. The molecule has 0 aliphatic rings. The molecule has 0 amide bonds. The Morgan fingerprint density at radius 1 is 1.47 bits per heavy atom. The summed E-state index contributed by atoms with van der Waals surface area (Å²) in [7, 11) is -4.71. The lowest BCUT2D eigenvalue weighted by atomic mass is 10.0. The molecule has 17 heavy (non-hydrogen) atoms. The Morgan fingerprint density at radius 2 is 2.00 bits per heavy atom. The van der Waals surface area contributed by atoms with Gasteiger partial charge in [0.2, 0.25) is 10.4 Å². The molecule has 4 N–H and O–H groups in total. The van der Waals surface area contributed by atoms with Crippen LogP contribution in [-0.4, -0.2) is 31.1 Å². The zero-order chi connectivity index (χ0) is 12.8. The second-order valence-electron chi connectivity index (χ2n) is 3.73. The standard InChI is InChI=1S/C9H16O6S.H3N/c1-4-8(10)14-7-5-6-9(2,3)15-16(11,12)13;/h4H,1,5-7H2,2-3H3,(H,11,12,13);1H3. The van der Waals surface area contributed by atoms with Crippen molar-refractivity contribution in [3.63, 3.8) is 0 Å². The molecule has 0 aliphatic heterocycles. The Labute approximate surface area is 101 Å². The third-order valence-electron chi connectivity index (χ3n) is 1.66. The van der Waals surface area contributed by atoms with Crippen LogP contribution in [0.15, 0.2) is 12.7 Å². The van der Waals surface area contributed by atoms with E-state index in [1.165, 1.54) is 13.8 Å². The van der Waals surface area contributed by atoms with Gasteiger partial charge < -0.3 is 15.4 Å². The molecule has 0 aromatic carbocycles. The predicted molar refractivity (Wildman–Crippen MR) is 61.2 cm³/mol. The Hall–Kier alpha value is -0.960. The van der Waals surface area contributed by atoms with Crippen molar-refractivity contribution in [1.82, 2.24) is 6.15 Å². The van der Waals surface area contributed by atoms with Gasteiger partial charge in [-0.3, -0.25) is 4.18 Å². The van der Waals surface area contributed by atoms with Crippen molar-refractivity contribution in [2.75, 3.05) is 6.61 Å². The van der Waals surface area contributed by atoms with Crippen LogP contribution in [0.1, 0.15) is 26.7 Å². The molecule has 0 atom stereocenters. The minimum absolute atomic E-state index is 0. The Bertz CT molecular complexity index is 348. The van der Waals surface area contributed by atoms with Crippen molar-refractivity contribution in [3.05, 3.63) is 12.7 Å². The lowest BCUT2D eigenvalue weighted by Crippen LogP contribution is -2.28. The summed E-state index contributed by atoms with van der Waals surface area (Å²) < 4.78 is 40.1. The van der Waals surface area contributed by atoms with Gasteiger partial charge >= 0.3 is 5.97 Å². The molecule has 7 nitrogen and oxygen atoms in total. The third kappa shape index (κ3) is 11.3. The smallest absolute Gasteiger partial charge is 0.330 e. The van der Waals surface area contributed by atoms with E-state index in [0.717, 1.165) is 6.08 Å². The summed E-state index contributed by atoms with van der Waals surface area (Å²) >= 11 is 0. The average Bonchev–Trinajstić information content (AvgIpc) is 2.08. The number of carbonyl (C=O) groups is 1. The Kier molecular flexibility index (Phi) is 7.99. The van der Waals surface area contributed by atoms with Crippen LogP contribution in [0.5, 0.6) is 0 Å². The van der Waals surface area contributed by atoms with E-state index in [1.54, 1.807) is 0 Å². The van der Waals surface area contributed by atoms with Crippen molar-refractivity contribution >= 4 is 16.4 Å². The fraction of sp³-hybridized carbons (Fsp3) is 0.667. The molecule has 0 aromatic heterocycles. The quantitative estimate of drug-likeness (QED) is 0.242. The maximum atomic E-state index is 10.6. The van der Waals surface area contributed by atoms with Gasteiger partial charge in [-0.15, -0.1) is 0 Å². The van der Waals surface area contributed by atoms with Gasteiger partial charge in [-0.1, -0.05) is 6.58 Å². The minimum atomic E-state index is -4.71. The van der Waals surface area contributed by atoms with E-state index in [2.05, 4.69) is 15.5 Å². The molecule has 0 spiro atoms. The third-order valence-corrected chi connectivity index (χ3v) is 2.32. The summed E-state index contributed by atoms with van der Waals surface area (Å²) in [5, 5.41) is 0. The average molecular weight is 269 g/mol. The van der Waals surface area contributed by atoms with Gasteiger partial charge in [0.05, 0.1) is 12.2 Å². The second kappa shape index (κ2) is 7.38. The second-order valence-corrected chi connectivity index (χ2v) is 4.71. The maximum Gasteiger partial charge on any atom is 0.330 e. The molecular formula is C9H19NO6S. The first-order valence-corrected chi connectivity index (χ1v) is 5.95. The minimum Gasteiger partial charge on any atom is -0.726 e. The van der Waals surface area contributed by atoms with Crippen LogP contribution >= 0.6 is 0 Å². The molecular weight excluding hydrogens is 250 g/mol. The SMILES string of the molecule is C=CC(=O)OCCCC(C)(C)OS(=O)(=O)[O-].[NH4+]. The first-order chi connectivity index (χ1) is 7.16. The van der Waals surface area contributed by atoms with E-state index in [1.807, 2.05) is 0 Å². The van der Waals surface area contributed by atoms with Crippen molar-refractivity contribution in [2.45, 2.75) is 32.3 Å². The summed E-state index contributed by atoms with van der Waals surface area (Å²) in [5.41, 5.74) is -1.10. The highest BCUT2D eigenvalue weighted by molar-refractivity contribution is 7.80. The molecule has 0 aliphatic carbocycles. The summed E-state index contributed by atoms with van der Waals surface area (Å²) in [5.74, 6) is -0.546. The molecule has 0 bridgehead atoms. The molecule has 0 saturated heterocycles. The van der Waals surface area contributed by atoms with Crippen molar-refractivity contribution < 1.29 is 26.7 Å². The summed E-state index contributed by atoms with van der Waals surface area (Å²) in [6, 6.07) is 0. The highest BCUT2D eigenvalue weighted by atomic mass is 32.3. The summed E-state index contributed by atoms with van der Waals surface area (Å²) in [6.45, 7) is 6.28. The molecule has 102 valence electrons. The normalized spacial score (nSPS) is 11.5. The zero-order valence-electron chi connectivity index (χ0n) is 10.3. The number of carbonyl (C=O) groups excluding carboxylic acids is 1. The van der Waals surface area contributed by atoms with Gasteiger partial charge in [-0.2, -0.15) is 0 Å². The molecule has 0 rings (SSSR count). The number of quaternary nitrogens is 1. The van der Waals surface area contributed by atoms with E-state index >= 15 is 0 Å². The molecule has 0 radical (unpaired) electrons. The Morgan fingerprint density at radius 3 is 2.41 bits per heavy atom. The van der Waals surface area contributed by atoms with Gasteiger partial charge in [0.1, 0.15) is 0 Å². The van der Waals surface area contributed by atoms with Crippen LogP contribution in [0.25, 0.3) is 0 Å². The molecule has 0 aromatic rings. The van der Waals surface area contributed by atoms with Crippen LogP contribution in [0.3, 0.4) is 0 Å². The van der Waals surface area contributed by atoms with E-state index in [4.69, 9.17) is 0 Å². The van der Waals surface area contributed by atoms with E-state index in [9.17, 15) is 17.8 Å². The van der Waals surface area contributed by atoms with E-state index in [-0.39, 0.29) is 19.2 Å². The van der Waals surface area contributed by atoms with E-state index in [0.29, 0.717) is 6.42 Å². The first kappa shape index (κ1) is 18.4. The van der Waals surface area contributed by atoms with E-state index < -0.39 is 22.0 Å². The zero-order valence-corrected chi connectivity index (χ0v) is 11.1. The number of esters is 1. The Balaban J connectivity index is 0. The van der Waals surface area contributed by atoms with Gasteiger partial charge in [0.15, 0.2) is 0 Å². The van der Waals surface area contributed by atoms with Gasteiger partial charge in [0.25, 0.3) is 0 Å². The monoisotopic (exact) mass is 269 g/mol. The van der Waals surface area contributed by atoms with Crippen LogP contribution < -0.4 is 6.15 Å². The molecule has 0 saturated carbocycles. The largest absolute Gasteiger partial charge is 0.726 e. The maximum absolute atomic E-state index is 10.6. The van der Waals surface area contributed by atoms with Crippen LogP contribution in [0.4, 0.5) is 0 Å². The molecule has 0 unspecified atom stereocenters. The molecule has 8 heteroatoms. The fourth-order valence-corrected chi connectivity index (χ4v) is 1.68. The van der Waals surface area contributed by atoms with Crippen LogP contribution in [0.2, 0.25) is 0 Å². The highest BCUT2D eigenvalue weighted by Crippen LogP contribution is 2.18. The summed E-state index contributed by atoms with van der Waals surface area (Å²) in [4.78, 5) is 10.6. The fourth-order valence-electron chi connectivity index (χ4n) is 1.05. The van der Waals surface area contributed by atoms with Crippen LogP contribution in [0, 0.1) is 0 Å². The van der Waals surface area contributed by atoms with Gasteiger partial charge in [-0.05, 0) is 26.7 Å².